The van der Waals surface area contributed by atoms with Crippen molar-refractivity contribution in [1.82, 2.24) is 10.1 Å². The number of fused-ring (bicyclic) bond motifs is 1. The van der Waals surface area contributed by atoms with Gasteiger partial charge in [-0.1, -0.05) is 23.8 Å². The van der Waals surface area contributed by atoms with Crippen LogP contribution in [0.2, 0.25) is 0 Å². The van der Waals surface area contributed by atoms with Crippen molar-refractivity contribution in [3.05, 3.63) is 59.0 Å². The van der Waals surface area contributed by atoms with Gasteiger partial charge in [0.15, 0.2) is 5.82 Å². The summed E-state index contributed by atoms with van der Waals surface area (Å²) in [5.74, 6) is 0.330. The van der Waals surface area contributed by atoms with Crippen molar-refractivity contribution in [1.29, 1.82) is 5.26 Å². The zero-order chi connectivity index (χ0) is 24.3. The number of nitrogens with one attached hydrogen (secondary N) is 2. The number of anilines is 2. The molecule has 11 heteroatoms. The number of pyridine rings is 1. The predicted octanol–water partition coefficient (Wildman–Crippen LogP) is 4.05. The van der Waals surface area contributed by atoms with Gasteiger partial charge in [0.1, 0.15) is 16.9 Å². The number of aromatic nitrogens is 2. The largest absolute Gasteiger partial charge is 0.360 e. The molecule has 3 aromatic rings. The van der Waals surface area contributed by atoms with Crippen molar-refractivity contribution >= 4 is 39.2 Å². The molecule has 0 saturated carbocycles. The minimum absolute atomic E-state index is 0.0218. The number of benzene rings is 1. The Labute approximate surface area is 202 Å². The van der Waals surface area contributed by atoms with Crippen molar-refractivity contribution in [2.45, 2.75) is 54.7 Å². The van der Waals surface area contributed by atoms with Crippen LogP contribution in [0.15, 0.2) is 50.8 Å². The molecule has 34 heavy (non-hydrogen) atoms. The van der Waals surface area contributed by atoms with Crippen LogP contribution in [-0.2, 0) is 27.7 Å². The summed E-state index contributed by atoms with van der Waals surface area (Å²) in [7, 11) is -3.85. The second-order valence-electron chi connectivity index (χ2n) is 7.87. The van der Waals surface area contributed by atoms with Gasteiger partial charge in [-0.05, 0) is 68.5 Å². The third kappa shape index (κ3) is 5.24. The highest BCUT2D eigenvalue weighted by Crippen LogP contribution is 2.32. The highest BCUT2D eigenvalue weighted by atomic mass is 32.2. The Hall–Kier alpha value is -3.36. The number of sulfonamides is 1. The van der Waals surface area contributed by atoms with E-state index in [2.05, 4.69) is 26.2 Å². The topological polar surface area (TPSA) is 138 Å². The zero-order valence-electron chi connectivity index (χ0n) is 18.7. The first-order valence-corrected chi connectivity index (χ1v) is 13.1. The lowest BCUT2D eigenvalue weighted by Gasteiger charge is -2.16. The van der Waals surface area contributed by atoms with E-state index in [0.717, 1.165) is 30.5 Å². The summed E-state index contributed by atoms with van der Waals surface area (Å²) in [6.45, 7) is 3.55. The first kappa shape index (κ1) is 23.8. The first-order chi connectivity index (χ1) is 16.3. The van der Waals surface area contributed by atoms with Gasteiger partial charge in [0.25, 0.3) is 10.0 Å². The average Bonchev–Trinajstić information content (AvgIpc) is 3.44. The third-order valence-electron chi connectivity index (χ3n) is 5.35. The number of hydrogen-bond donors (Lipinski definition) is 2. The fraction of sp³-hybridized carbons (Fsp3) is 0.304. The lowest BCUT2D eigenvalue weighted by molar-refractivity contribution is -0.115. The minimum Gasteiger partial charge on any atom is -0.360 e. The van der Waals surface area contributed by atoms with E-state index in [1.807, 2.05) is 13.0 Å². The van der Waals surface area contributed by atoms with Gasteiger partial charge in [0.05, 0.1) is 15.7 Å². The fourth-order valence-electron chi connectivity index (χ4n) is 3.63. The number of carbonyl (C=O) groups is 1. The molecule has 2 heterocycles. The van der Waals surface area contributed by atoms with Gasteiger partial charge in [-0.3, -0.25) is 9.52 Å². The summed E-state index contributed by atoms with van der Waals surface area (Å²) >= 11 is 1.28. The fourth-order valence-corrected chi connectivity index (χ4v) is 5.61. The number of amides is 1. The molecule has 0 radical (unpaired) electrons. The molecule has 0 spiro atoms. The van der Waals surface area contributed by atoms with Gasteiger partial charge >= 0.3 is 0 Å². The monoisotopic (exact) mass is 497 g/mol. The molecule has 2 N–H and O–H groups in total. The normalized spacial score (nSPS) is 13.7. The molecule has 0 aliphatic heterocycles. The van der Waals surface area contributed by atoms with E-state index < -0.39 is 15.3 Å². The second kappa shape index (κ2) is 9.87. The van der Waals surface area contributed by atoms with E-state index >= 15 is 0 Å². The van der Waals surface area contributed by atoms with Crippen molar-refractivity contribution in [3.63, 3.8) is 0 Å². The smallest absolute Gasteiger partial charge is 0.263 e. The molecule has 2 aromatic heterocycles. The van der Waals surface area contributed by atoms with E-state index in [0.29, 0.717) is 28.5 Å². The van der Waals surface area contributed by atoms with Gasteiger partial charge in [0, 0.05) is 17.4 Å². The number of rotatable bonds is 8. The lowest BCUT2D eigenvalue weighted by Crippen LogP contribution is -2.25. The second-order valence-corrected chi connectivity index (χ2v) is 10.7. The molecule has 9 nitrogen and oxygen atoms in total. The molecule has 1 amide bonds. The molecular formula is C23H23N5O4S2. The number of aryl methyl sites for hydroxylation is 3. The van der Waals surface area contributed by atoms with Crippen LogP contribution in [0.5, 0.6) is 0 Å². The predicted molar refractivity (Wildman–Crippen MR) is 128 cm³/mol. The summed E-state index contributed by atoms with van der Waals surface area (Å²) in [4.78, 5) is 17.6. The number of nitriles is 1. The van der Waals surface area contributed by atoms with Crippen LogP contribution in [0, 0.1) is 18.3 Å². The summed E-state index contributed by atoms with van der Waals surface area (Å²) in [5.41, 5.74) is 3.06. The van der Waals surface area contributed by atoms with E-state index in [1.165, 1.54) is 42.1 Å². The van der Waals surface area contributed by atoms with E-state index in [-0.39, 0.29) is 16.6 Å². The molecule has 1 aliphatic carbocycles. The van der Waals surface area contributed by atoms with Crippen LogP contribution < -0.4 is 10.0 Å². The van der Waals surface area contributed by atoms with Crippen LogP contribution in [0.3, 0.4) is 0 Å². The highest BCUT2D eigenvalue weighted by Gasteiger charge is 2.24. The maximum Gasteiger partial charge on any atom is 0.263 e. The maximum absolute atomic E-state index is 12.9. The van der Waals surface area contributed by atoms with Crippen molar-refractivity contribution < 1.29 is 17.7 Å². The lowest BCUT2D eigenvalue weighted by atomic mass is 10.2. The summed E-state index contributed by atoms with van der Waals surface area (Å²) < 4.78 is 32.3. The number of nitrogens with zero attached hydrogens (tertiary/aromatic N) is 3. The Bertz CT molecular complexity index is 1360. The Morgan fingerprint density at radius 1 is 1.26 bits per heavy atom. The first-order valence-electron chi connectivity index (χ1n) is 10.8. The van der Waals surface area contributed by atoms with Crippen LogP contribution >= 0.6 is 11.8 Å². The molecule has 1 unspecified atom stereocenters. The number of carbonyl (C=O) groups excluding carboxylic acids is 1. The van der Waals surface area contributed by atoms with Crippen molar-refractivity contribution in [3.8, 4) is 6.07 Å². The summed E-state index contributed by atoms with van der Waals surface area (Å²) in [6, 6.07) is 11.4. The van der Waals surface area contributed by atoms with Gasteiger partial charge < -0.3 is 9.84 Å². The van der Waals surface area contributed by atoms with Crippen LogP contribution in [0.25, 0.3) is 0 Å². The standard InChI is InChI=1S/C23H23N5O4S2/c1-3-20(33-23-16(13-24)12-15-5-4-6-19(15)26-23)22(29)25-17-7-9-18(10-8-17)34(30,31)28-21-11-14(2)32-27-21/h7-12,20H,3-6H2,1-2H3,(H,25,29)(H,27,28). The quantitative estimate of drug-likeness (QED) is 0.445. The molecule has 0 bridgehead atoms. The van der Waals surface area contributed by atoms with Crippen molar-refractivity contribution in [2.75, 3.05) is 10.0 Å². The van der Waals surface area contributed by atoms with Crippen molar-refractivity contribution in [2.24, 2.45) is 0 Å². The maximum atomic E-state index is 12.9. The van der Waals surface area contributed by atoms with Crippen LogP contribution in [0.1, 0.15) is 42.3 Å². The summed E-state index contributed by atoms with van der Waals surface area (Å²) in [6.07, 6.45) is 3.38. The highest BCUT2D eigenvalue weighted by molar-refractivity contribution is 8.00. The number of thioether (sulfide) groups is 1. The van der Waals surface area contributed by atoms with E-state index in [4.69, 9.17) is 4.52 Å². The number of hydrogen-bond acceptors (Lipinski definition) is 8. The van der Waals surface area contributed by atoms with Gasteiger partial charge in [-0.15, -0.1) is 0 Å². The minimum atomic E-state index is -3.85. The molecule has 0 fully saturated rings. The average molecular weight is 498 g/mol. The molecule has 176 valence electrons. The Morgan fingerprint density at radius 2 is 2.03 bits per heavy atom. The van der Waals surface area contributed by atoms with Gasteiger partial charge in [0.2, 0.25) is 5.91 Å². The molecule has 1 aliphatic rings. The molecular weight excluding hydrogens is 474 g/mol. The zero-order valence-corrected chi connectivity index (χ0v) is 20.3. The van der Waals surface area contributed by atoms with Gasteiger partial charge in [-0.25, -0.2) is 13.4 Å². The molecule has 4 rings (SSSR count). The van der Waals surface area contributed by atoms with Crippen LogP contribution in [0.4, 0.5) is 11.5 Å². The van der Waals surface area contributed by atoms with Crippen LogP contribution in [-0.4, -0.2) is 29.7 Å². The van der Waals surface area contributed by atoms with E-state index in [9.17, 15) is 18.5 Å². The Morgan fingerprint density at radius 3 is 2.68 bits per heavy atom. The Kier molecular flexibility index (Phi) is 6.90. The molecule has 1 atom stereocenters. The SMILES string of the molecule is CCC(Sc1nc2c(cc1C#N)CCC2)C(=O)Nc1ccc(S(=O)(=O)Nc2cc(C)on2)cc1. The van der Waals surface area contributed by atoms with E-state index in [1.54, 1.807) is 6.92 Å². The van der Waals surface area contributed by atoms with Gasteiger partial charge in [-0.2, -0.15) is 5.26 Å². The molecule has 1 aromatic carbocycles. The third-order valence-corrected chi connectivity index (χ3v) is 8.09. The Balaban J connectivity index is 1.44. The molecule has 0 saturated heterocycles. The summed E-state index contributed by atoms with van der Waals surface area (Å²) in [5, 5.41) is 16.1.